The van der Waals surface area contributed by atoms with Crippen molar-refractivity contribution in [3.05, 3.63) is 96.7 Å². The van der Waals surface area contributed by atoms with Crippen LogP contribution in [0.3, 0.4) is 0 Å². The van der Waals surface area contributed by atoms with E-state index in [-0.39, 0.29) is 0 Å². The zero-order valence-corrected chi connectivity index (χ0v) is 18.3. The van der Waals surface area contributed by atoms with Gasteiger partial charge in [0.2, 0.25) is 11.6 Å². The molecular weight excluding hydrogens is 424 g/mol. The maximum absolute atomic E-state index is 6.22. The van der Waals surface area contributed by atoms with Crippen LogP contribution in [-0.4, -0.2) is 9.97 Å². The zero-order valence-electron chi connectivity index (χ0n) is 18.3. The first kappa shape index (κ1) is 18.9. The molecule has 0 N–H and O–H groups in total. The highest BCUT2D eigenvalue weighted by atomic mass is 16.5. The first-order valence-corrected chi connectivity index (χ1v) is 11.1. The Morgan fingerprint density at radius 3 is 2.35 bits per heavy atom. The smallest absolute Gasteiger partial charge is 0.227 e. The van der Waals surface area contributed by atoms with Crippen LogP contribution in [0.2, 0.25) is 0 Å². The Hall–Kier alpha value is -4.64. The molecule has 0 aliphatic heterocycles. The molecule has 7 aromatic rings. The van der Waals surface area contributed by atoms with Gasteiger partial charge in [0.1, 0.15) is 11.2 Å². The Balaban J connectivity index is 1.34. The monoisotopic (exact) mass is 442 g/mol. The second kappa shape index (κ2) is 7.18. The molecule has 162 valence electrons. The van der Waals surface area contributed by atoms with Crippen LogP contribution in [0.25, 0.3) is 55.3 Å². The Kier molecular flexibility index (Phi) is 3.99. The van der Waals surface area contributed by atoms with E-state index in [4.69, 9.17) is 18.6 Å². The number of para-hydroxylation sites is 3. The number of hydrogen-bond acceptors (Lipinski definition) is 5. The van der Waals surface area contributed by atoms with E-state index < -0.39 is 0 Å². The van der Waals surface area contributed by atoms with Gasteiger partial charge in [0.25, 0.3) is 0 Å². The zero-order chi connectivity index (χ0) is 22.6. The number of pyridine rings is 2. The molecule has 34 heavy (non-hydrogen) atoms. The minimum Gasteiger partial charge on any atom is -0.452 e. The fourth-order valence-corrected chi connectivity index (χ4v) is 4.51. The molecule has 7 rings (SSSR count). The average molecular weight is 442 g/mol. The lowest BCUT2D eigenvalue weighted by Crippen LogP contribution is -1.91. The Bertz CT molecular complexity index is 1860. The summed E-state index contributed by atoms with van der Waals surface area (Å²) in [6, 6.07) is 29.7. The van der Waals surface area contributed by atoms with Crippen LogP contribution in [0, 0.1) is 6.92 Å². The second-order valence-electron chi connectivity index (χ2n) is 8.28. The normalized spacial score (nSPS) is 11.7. The molecule has 0 amide bonds. The summed E-state index contributed by atoms with van der Waals surface area (Å²) in [6.07, 6.45) is 0. The summed E-state index contributed by atoms with van der Waals surface area (Å²) in [7, 11) is 0. The molecule has 0 radical (unpaired) electrons. The number of nitrogens with zero attached hydrogens (tertiary/aromatic N) is 2. The molecule has 5 nitrogen and oxygen atoms in total. The van der Waals surface area contributed by atoms with Crippen LogP contribution < -0.4 is 4.74 Å². The lowest BCUT2D eigenvalue weighted by molar-refractivity contribution is 0.458. The van der Waals surface area contributed by atoms with Crippen molar-refractivity contribution in [2.24, 2.45) is 0 Å². The van der Waals surface area contributed by atoms with Gasteiger partial charge in [0, 0.05) is 38.9 Å². The van der Waals surface area contributed by atoms with Crippen molar-refractivity contribution in [1.82, 2.24) is 9.97 Å². The fraction of sp³-hybridized carbons (Fsp3) is 0.0345. The first-order chi connectivity index (χ1) is 16.7. The number of hydrogen-bond donors (Lipinski definition) is 0. The molecule has 5 heteroatoms. The summed E-state index contributed by atoms with van der Waals surface area (Å²) in [5.74, 6) is 1.10. The van der Waals surface area contributed by atoms with Gasteiger partial charge in [-0.15, -0.1) is 0 Å². The quantitative estimate of drug-likeness (QED) is 0.277. The Morgan fingerprint density at radius 2 is 1.41 bits per heavy atom. The number of ether oxygens (including phenoxy) is 1. The third-order valence-electron chi connectivity index (χ3n) is 6.09. The highest BCUT2D eigenvalue weighted by molar-refractivity contribution is 6.08. The predicted molar refractivity (Wildman–Crippen MR) is 133 cm³/mol. The third-order valence-corrected chi connectivity index (χ3v) is 6.09. The maximum Gasteiger partial charge on any atom is 0.227 e. The average Bonchev–Trinajstić information content (AvgIpc) is 3.42. The molecule has 0 bridgehead atoms. The largest absolute Gasteiger partial charge is 0.452 e. The van der Waals surface area contributed by atoms with E-state index in [0.717, 1.165) is 49.7 Å². The number of rotatable bonds is 3. The van der Waals surface area contributed by atoms with Crippen LogP contribution in [0.4, 0.5) is 0 Å². The van der Waals surface area contributed by atoms with Gasteiger partial charge < -0.3 is 13.6 Å². The molecular formula is C29H18N2O3. The van der Waals surface area contributed by atoms with Gasteiger partial charge >= 0.3 is 0 Å². The highest BCUT2D eigenvalue weighted by Crippen LogP contribution is 2.38. The van der Waals surface area contributed by atoms with E-state index in [0.29, 0.717) is 22.9 Å². The molecule has 0 aliphatic carbocycles. The van der Waals surface area contributed by atoms with Gasteiger partial charge in [-0.3, -0.25) is 0 Å². The van der Waals surface area contributed by atoms with E-state index in [9.17, 15) is 0 Å². The van der Waals surface area contributed by atoms with Crippen molar-refractivity contribution >= 4 is 44.0 Å². The summed E-state index contributed by atoms with van der Waals surface area (Å²) in [5, 5.41) is 4.08. The minimum absolute atomic E-state index is 0.479. The van der Waals surface area contributed by atoms with E-state index in [1.165, 1.54) is 0 Å². The number of furan rings is 2. The maximum atomic E-state index is 6.22. The van der Waals surface area contributed by atoms with Crippen molar-refractivity contribution < 1.29 is 13.6 Å². The van der Waals surface area contributed by atoms with E-state index in [1.54, 1.807) is 0 Å². The van der Waals surface area contributed by atoms with Crippen LogP contribution in [0.5, 0.6) is 11.6 Å². The van der Waals surface area contributed by atoms with E-state index in [1.807, 2.05) is 97.9 Å². The fourth-order valence-electron chi connectivity index (χ4n) is 4.51. The number of aryl methyl sites for hydroxylation is 1. The second-order valence-corrected chi connectivity index (χ2v) is 8.28. The van der Waals surface area contributed by atoms with Crippen molar-refractivity contribution in [3.63, 3.8) is 0 Å². The van der Waals surface area contributed by atoms with Gasteiger partial charge in [-0.1, -0.05) is 48.5 Å². The van der Waals surface area contributed by atoms with Crippen molar-refractivity contribution in [2.45, 2.75) is 6.92 Å². The summed E-state index contributed by atoms with van der Waals surface area (Å²) in [4.78, 5) is 9.34. The number of benzene rings is 3. The number of aromatic nitrogens is 2. The SMILES string of the molecule is Cc1ccc2c(n1)oc1c(-c3cccc(Oc4cccc5c4oc4ccccc45)n3)cccc12. The summed E-state index contributed by atoms with van der Waals surface area (Å²) in [5.41, 5.74) is 5.50. The van der Waals surface area contributed by atoms with Crippen molar-refractivity contribution in [2.75, 3.05) is 0 Å². The topological polar surface area (TPSA) is 61.3 Å². The minimum atomic E-state index is 0.479. The predicted octanol–water partition coefficient (Wildman–Crippen LogP) is 8.04. The Labute approximate surface area is 194 Å². The molecule has 0 unspecified atom stereocenters. The van der Waals surface area contributed by atoms with Crippen LogP contribution in [0.1, 0.15) is 5.69 Å². The Morgan fingerprint density at radius 1 is 0.618 bits per heavy atom. The lowest BCUT2D eigenvalue weighted by atomic mass is 10.1. The highest BCUT2D eigenvalue weighted by Gasteiger charge is 2.16. The molecule has 0 saturated carbocycles. The summed E-state index contributed by atoms with van der Waals surface area (Å²) < 4.78 is 18.5. The molecule has 0 fully saturated rings. The molecule has 0 spiro atoms. The standard InChI is InChI=1S/C29H18N2O3/c1-17-15-16-21-20-8-4-10-22(27(20)34-29(21)30-17)23-11-6-14-26(31-23)32-25-13-5-9-19-18-7-2-3-12-24(18)33-28(19)25/h2-16H,1H3. The third kappa shape index (κ3) is 2.87. The van der Waals surface area contributed by atoms with Crippen LogP contribution in [0.15, 0.2) is 99.8 Å². The van der Waals surface area contributed by atoms with Crippen LogP contribution in [-0.2, 0) is 0 Å². The lowest BCUT2D eigenvalue weighted by Gasteiger charge is -2.07. The molecule has 4 aromatic heterocycles. The summed E-state index contributed by atoms with van der Waals surface area (Å²) in [6.45, 7) is 1.96. The van der Waals surface area contributed by atoms with Gasteiger partial charge in [0.05, 0.1) is 5.69 Å². The molecule has 0 aliphatic rings. The molecule has 0 saturated heterocycles. The number of fused-ring (bicyclic) bond motifs is 6. The van der Waals surface area contributed by atoms with Gasteiger partial charge in [-0.2, -0.15) is 0 Å². The van der Waals surface area contributed by atoms with Crippen molar-refractivity contribution in [1.29, 1.82) is 0 Å². The van der Waals surface area contributed by atoms with Crippen LogP contribution >= 0.6 is 0 Å². The van der Waals surface area contributed by atoms with Gasteiger partial charge in [0.15, 0.2) is 11.3 Å². The van der Waals surface area contributed by atoms with E-state index in [2.05, 4.69) is 4.98 Å². The molecule has 3 aromatic carbocycles. The van der Waals surface area contributed by atoms with E-state index >= 15 is 0 Å². The first-order valence-electron chi connectivity index (χ1n) is 11.1. The molecule has 0 atom stereocenters. The van der Waals surface area contributed by atoms with Crippen molar-refractivity contribution in [3.8, 4) is 22.9 Å². The summed E-state index contributed by atoms with van der Waals surface area (Å²) >= 11 is 0. The van der Waals surface area contributed by atoms with Gasteiger partial charge in [-0.25, -0.2) is 9.97 Å². The van der Waals surface area contributed by atoms with Gasteiger partial charge in [-0.05, 0) is 43.3 Å². The molecule has 4 heterocycles.